The molecule has 3 rings (SSSR count). The third-order valence-electron chi connectivity index (χ3n) is 4.90. The summed E-state index contributed by atoms with van der Waals surface area (Å²) in [5.41, 5.74) is 1.28. The quantitative estimate of drug-likeness (QED) is 0.653. The van der Waals surface area contributed by atoms with Crippen LogP contribution in [0.3, 0.4) is 0 Å². The fourth-order valence-corrected chi connectivity index (χ4v) is 4.26. The van der Waals surface area contributed by atoms with E-state index in [0.717, 1.165) is 31.7 Å². The van der Waals surface area contributed by atoms with Crippen LogP contribution in [-0.2, 0) is 0 Å². The zero-order valence-corrected chi connectivity index (χ0v) is 14.2. The minimum Gasteiger partial charge on any atom is -0.314 e. The Morgan fingerprint density at radius 1 is 1.27 bits per heavy atom. The lowest BCUT2D eigenvalue weighted by Crippen LogP contribution is -2.46. The first-order valence-electron chi connectivity index (χ1n) is 8.05. The normalized spacial score (nSPS) is 21.9. The highest BCUT2D eigenvalue weighted by Gasteiger charge is 2.32. The molecule has 0 spiro atoms. The lowest BCUT2D eigenvalue weighted by Gasteiger charge is -2.38. The fraction of sp³-hybridized carbons (Fsp3) is 0.625. The molecule has 1 heterocycles. The van der Waals surface area contributed by atoms with Crippen LogP contribution in [0.5, 0.6) is 0 Å². The largest absolute Gasteiger partial charge is 0.314 e. The number of nitrogens with zero attached hydrogens (tertiary/aromatic N) is 2. The molecule has 1 saturated carbocycles. The highest BCUT2D eigenvalue weighted by atomic mass is 79.9. The zero-order valence-electron chi connectivity index (χ0n) is 12.6. The summed E-state index contributed by atoms with van der Waals surface area (Å²) in [5, 5.41) is 14.6. The van der Waals surface area contributed by atoms with Crippen LogP contribution >= 0.6 is 15.9 Å². The van der Waals surface area contributed by atoms with Gasteiger partial charge in [0.05, 0.1) is 9.40 Å². The Morgan fingerprint density at radius 2 is 1.95 bits per heavy atom. The molecule has 0 aromatic heterocycles. The summed E-state index contributed by atoms with van der Waals surface area (Å²) in [4.78, 5) is 13.5. The van der Waals surface area contributed by atoms with Crippen LogP contribution in [0.4, 0.5) is 5.69 Å². The van der Waals surface area contributed by atoms with E-state index in [1.165, 1.54) is 25.7 Å². The number of piperazine rings is 1. The van der Waals surface area contributed by atoms with E-state index in [9.17, 15) is 10.1 Å². The average molecular weight is 368 g/mol. The van der Waals surface area contributed by atoms with Gasteiger partial charge in [0.2, 0.25) is 0 Å². The van der Waals surface area contributed by atoms with E-state index in [-0.39, 0.29) is 10.6 Å². The van der Waals surface area contributed by atoms with Gasteiger partial charge in [0.15, 0.2) is 0 Å². The summed E-state index contributed by atoms with van der Waals surface area (Å²) in [6.45, 7) is 4.04. The second-order valence-corrected chi connectivity index (χ2v) is 7.10. The minimum atomic E-state index is -0.295. The van der Waals surface area contributed by atoms with Crippen LogP contribution in [0.2, 0.25) is 0 Å². The summed E-state index contributed by atoms with van der Waals surface area (Å²) < 4.78 is 0.562. The maximum Gasteiger partial charge on any atom is 0.283 e. The second kappa shape index (κ2) is 7.06. The summed E-state index contributed by atoms with van der Waals surface area (Å²) in [6.07, 6.45) is 5.04. The van der Waals surface area contributed by atoms with Gasteiger partial charge in [0.1, 0.15) is 0 Å². The van der Waals surface area contributed by atoms with Crippen molar-refractivity contribution in [2.45, 2.75) is 31.7 Å². The van der Waals surface area contributed by atoms with Gasteiger partial charge in [0, 0.05) is 38.3 Å². The van der Waals surface area contributed by atoms with Gasteiger partial charge in [-0.15, -0.1) is 0 Å². The van der Waals surface area contributed by atoms with Crippen molar-refractivity contribution < 1.29 is 4.92 Å². The van der Waals surface area contributed by atoms with Crippen LogP contribution in [0.25, 0.3) is 0 Å². The van der Waals surface area contributed by atoms with Crippen molar-refractivity contribution >= 4 is 21.6 Å². The number of hydrogen-bond donors (Lipinski definition) is 1. The van der Waals surface area contributed by atoms with E-state index >= 15 is 0 Å². The molecule has 1 saturated heterocycles. The molecular weight excluding hydrogens is 346 g/mol. The molecule has 1 aromatic carbocycles. The maximum atomic E-state index is 11.2. The average Bonchev–Trinajstić information content (AvgIpc) is 3.04. The van der Waals surface area contributed by atoms with Gasteiger partial charge in [-0.1, -0.05) is 18.9 Å². The Bertz CT molecular complexity index is 540. The van der Waals surface area contributed by atoms with Crippen LogP contribution < -0.4 is 5.32 Å². The lowest BCUT2D eigenvalue weighted by atomic mass is 9.89. The van der Waals surface area contributed by atoms with Crippen LogP contribution in [-0.4, -0.2) is 36.0 Å². The van der Waals surface area contributed by atoms with Gasteiger partial charge in [-0.05, 0) is 46.3 Å². The summed E-state index contributed by atoms with van der Waals surface area (Å²) >= 11 is 3.29. The highest BCUT2D eigenvalue weighted by Crippen LogP contribution is 2.41. The number of hydrogen-bond acceptors (Lipinski definition) is 4. The van der Waals surface area contributed by atoms with E-state index in [2.05, 4.69) is 32.2 Å². The van der Waals surface area contributed by atoms with Gasteiger partial charge in [0.25, 0.3) is 5.69 Å². The number of halogens is 1. The van der Waals surface area contributed by atoms with E-state index in [0.29, 0.717) is 16.4 Å². The molecule has 1 aliphatic heterocycles. The standard InChI is InChI=1S/C16H22BrN3O2/c17-14-6-5-13(11-15(14)20(21)22)16(12-3-1-2-4-12)19-9-7-18-8-10-19/h5-6,11-12,16,18H,1-4,7-10H2/t16-/m0/s1. The fourth-order valence-electron chi connectivity index (χ4n) is 3.87. The molecule has 2 aliphatic rings. The molecular formula is C16H22BrN3O2. The topological polar surface area (TPSA) is 58.4 Å². The molecule has 0 radical (unpaired) electrons. The number of nitrogens with one attached hydrogen (secondary N) is 1. The Morgan fingerprint density at radius 3 is 2.59 bits per heavy atom. The molecule has 1 atom stereocenters. The molecule has 0 unspecified atom stereocenters. The van der Waals surface area contributed by atoms with Gasteiger partial charge < -0.3 is 5.32 Å². The third kappa shape index (κ3) is 3.34. The van der Waals surface area contributed by atoms with E-state index in [1.807, 2.05) is 6.07 Å². The van der Waals surface area contributed by atoms with Crippen molar-refractivity contribution in [1.29, 1.82) is 0 Å². The number of rotatable bonds is 4. The molecule has 0 bridgehead atoms. The van der Waals surface area contributed by atoms with E-state index in [1.54, 1.807) is 6.07 Å². The van der Waals surface area contributed by atoms with Crippen molar-refractivity contribution in [1.82, 2.24) is 10.2 Å². The SMILES string of the molecule is O=[N+]([O-])c1cc([C@H](C2CCCC2)N2CCNCC2)ccc1Br. The summed E-state index contributed by atoms with van der Waals surface area (Å²) in [5.74, 6) is 0.624. The lowest BCUT2D eigenvalue weighted by molar-refractivity contribution is -0.385. The van der Waals surface area contributed by atoms with Crippen molar-refractivity contribution in [2.24, 2.45) is 5.92 Å². The summed E-state index contributed by atoms with van der Waals surface area (Å²) in [6, 6.07) is 5.98. The molecule has 1 N–H and O–H groups in total. The molecule has 22 heavy (non-hydrogen) atoms. The first-order chi connectivity index (χ1) is 10.7. The van der Waals surface area contributed by atoms with Crippen molar-refractivity contribution in [2.75, 3.05) is 26.2 Å². The van der Waals surface area contributed by atoms with Gasteiger partial charge in [-0.2, -0.15) is 0 Å². The molecule has 6 heteroatoms. The van der Waals surface area contributed by atoms with Crippen molar-refractivity contribution in [3.63, 3.8) is 0 Å². The first-order valence-corrected chi connectivity index (χ1v) is 8.85. The molecule has 120 valence electrons. The van der Waals surface area contributed by atoms with Gasteiger partial charge >= 0.3 is 0 Å². The third-order valence-corrected chi connectivity index (χ3v) is 5.57. The summed E-state index contributed by atoms with van der Waals surface area (Å²) in [7, 11) is 0. The first kappa shape index (κ1) is 15.9. The zero-order chi connectivity index (χ0) is 15.5. The van der Waals surface area contributed by atoms with Crippen molar-refractivity contribution in [3.8, 4) is 0 Å². The molecule has 1 aromatic rings. The number of nitro benzene ring substituents is 1. The second-order valence-electron chi connectivity index (χ2n) is 6.24. The van der Waals surface area contributed by atoms with E-state index < -0.39 is 0 Å². The highest BCUT2D eigenvalue weighted by molar-refractivity contribution is 9.10. The Hall–Kier alpha value is -0.980. The molecule has 1 aliphatic carbocycles. The Kier molecular flexibility index (Phi) is 5.10. The number of nitro groups is 1. The van der Waals surface area contributed by atoms with Gasteiger partial charge in [-0.3, -0.25) is 15.0 Å². The maximum absolute atomic E-state index is 11.2. The molecule has 5 nitrogen and oxygen atoms in total. The number of benzene rings is 1. The monoisotopic (exact) mass is 367 g/mol. The Balaban J connectivity index is 1.93. The van der Waals surface area contributed by atoms with Crippen LogP contribution in [0.1, 0.15) is 37.3 Å². The van der Waals surface area contributed by atoms with E-state index in [4.69, 9.17) is 0 Å². The predicted octanol–water partition coefficient (Wildman–Crippen LogP) is 3.49. The predicted molar refractivity (Wildman–Crippen MR) is 89.9 cm³/mol. The smallest absolute Gasteiger partial charge is 0.283 e. The van der Waals surface area contributed by atoms with Crippen LogP contribution in [0, 0.1) is 16.0 Å². The van der Waals surface area contributed by atoms with Crippen LogP contribution in [0.15, 0.2) is 22.7 Å². The van der Waals surface area contributed by atoms with Crippen molar-refractivity contribution in [3.05, 3.63) is 38.3 Å². The van der Waals surface area contributed by atoms with Gasteiger partial charge in [-0.25, -0.2) is 0 Å². The molecule has 2 fully saturated rings. The Labute approximate surface area is 139 Å². The molecule has 0 amide bonds. The minimum absolute atomic E-state index is 0.177.